The number of ether oxygens (including phenoxy) is 2. The standard InChI is InChI=1S/C18H18F2N2O2/c19-13-2-3-14(15(20)10-13)18(22-7-5-21-6-8-22)12-1-4-16-17(9-12)24-11-23-16/h1-4,9-10,18,21H,5-8,11H2. The van der Waals surface area contributed by atoms with E-state index in [2.05, 4.69) is 10.2 Å². The van der Waals surface area contributed by atoms with Gasteiger partial charge in [0.25, 0.3) is 0 Å². The molecule has 0 aliphatic carbocycles. The molecule has 1 unspecified atom stereocenters. The van der Waals surface area contributed by atoms with Gasteiger partial charge in [-0.15, -0.1) is 0 Å². The lowest BCUT2D eigenvalue weighted by Gasteiger charge is -2.35. The zero-order valence-electron chi connectivity index (χ0n) is 13.1. The van der Waals surface area contributed by atoms with Crippen molar-refractivity contribution in [3.05, 3.63) is 59.2 Å². The molecular weight excluding hydrogens is 314 g/mol. The molecule has 24 heavy (non-hydrogen) atoms. The number of piperazine rings is 1. The maximum absolute atomic E-state index is 14.5. The smallest absolute Gasteiger partial charge is 0.231 e. The largest absolute Gasteiger partial charge is 0.454 e. The van der Waals surface area contributed by atoms with Gasteiger partial charge in [-0.25, -0.2) is 8.78 Å². The molecule has 0 bridgehead atoms. The molecule has 0 spiro atoms. The van der Waals surface area contributed by atoms with Crippen LogP contribution in [0, 0.1) is 11.6 Å². The summed E-state index contributed by atoms with van der Waals surface area (Å²) in [6, 6.07) is 9.14. The maximum Gasteiger partial charge on any atom is 0.231 e. The van der Waals surface area contributed by atoms with E-state index >= 15 is 0 Å². The topological polar surface area (TPSA) is 33.7 Å². The number of rotatable bonds is 3. The molecule has 0 amide bonds. The molecule has 2 aromatic carbocycles. The summed E-state index contributed by atoms with van der Waals surface area (Å²) in [6.07, 6.45) is 0. The average Bonchev–Trinajstić information content (AvgIpc) is 3.06. The Kier molecular flexibility index (Phi) is 4.08. The molecule has 1 atom stereocenters. The number of fused-ring (bicyclic) bond motifs is 1. The quantitative estimate of drug-likeness (QED) is 0.937. The van der Waals surface area contributed by atoms with E-state index in [0.29, 0.717) is 17.1 Å². The summed E-state index contributed by atoms with van der Waals surface area (Å²) in [4.78, 5) is 2.20. The van der Waals surface area contributed by atoms with Crippen LogP contribution >= 0.6 is 0 Å². The van der Waals surface area contributed by atoms with Crippen molar-refractivity contribution < 1.29 is 18.3 Å². The van der Waals surface area contributed by atoms with Gasteiger partial charge in [0.1, 0.15) is 11.6 Å². The Bertz CT molecular complexity index is 748. The molecule has 0 saturated carbocycles. The maximum atomic E-state index is 14.5. The number of halogens is 2. The fourth-order valence-corrected chi connectivity index (χ4v) is 3.33. The lowest BCUT2D eigenvalue weighted by atomic mass is 9.95. The molecule has 4 rings (SSSR count). The second-order valence-electron chi connectivity index (χ2n) is 5.97. The first kappa shape index (κ1) is 15.4. The van der Waals surface area contributed by atoms with E-state index in [1.54, 1.807) is 0 Å². The van der Waals surface area contributed by atoms with Crippen LogP contribution in [0.1, 0.15) is 17.2 Å². The van der Waals surface area contributed by atoms with Crippen molar-refractivity contribution in [1.82, 2.24) is 10.2 Å². The van der Waals surface area contributed by atoms with Gasteiger partial charge in [-0.1, -0.05) is 12.1 Å². The Labute approximate surface area is 139 Å². The fourth-order valence-electron chi connectivity index (χ4n) is 3.33. The van der Waals surface area contributed by atoms with Crippen molar-refractivity contribution in [3.63, 3.8) is 0 Å². The lowest BCUT2D eigenvalue weighted by Crippen LogP contribution is -2.45. The molecule has 1 fully saturated rings. The second kappa shape index (κ2) is 6.37. The molecule has 1 N–H and O–H groups in total. The first-order valence-electron chi connectivity index (χ1n) is 8.01. The molecule has 2 heterocycles. The van der Waals surface area contributed by atoms with Gasteiger partial charge in [0.2, 0.25) is 6.79 Å². The minimum Gasteiger partial charge on any atom is -0.454 e. The molecule has 6 heteroatoms. The van der Waals surface area contributed by atoms with Crippen LogP contribution in [-0.2, 0) is 0 Å². The minimum absolute atomic E-state index is 0.196. The predicted molar refractivity (Wildman–Crippen MR) is 85.2 cm³/mol. The minimum atomic E-state index is -0.569. The average molecular weight is 332 g/mol. The van der Waals surface area contributed by atoms with Crippen LogP contribution in [0.5, 0.6) is 11.5 Å². The third kappa shape index (κ3) is 2.83. The summed E-state index contributed by atoms with van der Waals surface area (Å²) < 4.78 is 38.6. The highest BCUT2D eigenvalue weighted by atomic mass is 19.1. The highest BCUT2D eigenvalue weighted by Gasteiger charge is 2.28. The van der Waals surface area contributed by atoms with Crippen LogP contribution in [0.15, 0.2) is 36.4 Å². The van der Waals surface area contributed by atoms with Gasteiger partial charge in [-0.2, -0.15) is 0 Å². The molecule has 1 saturated heterocycles. The Morgan fingerprint density at radius 2 is 1.75 bits per heavy atom. The predicted octanol–water partition coefficient (Wildman–Crippen LogP) is 2.69. The molecule has 0 aromatic heterocycles. The zero-order chi connectivity index (χ0) is 16.5. The molecule has 2 aliphatic rings. The van der Waals surface area contributed by atoms with Crippen LogP contribution in [0.3, 0.4) is 0 Å². The molecule has 0 radical (unpaired) electrons. The van der Waals surface area contributed by atoms with Crippen LogP contribution < -0.4 is 14.8 Å². The van der Waals surface area contributed by atoms with E-state index in [1.165, 1.54) is 12.1 Å². The van der Waals surface area contributed by atoms with Gasteiger partial charge in [0, 0.05) is 37.8 Å². The molecule has 2 aliphatic heterocycles. The first-order chi connectivity index (χ1) is 11.7. The van der Waals surface area contributed by atoms with Crippen molar-refractivity contribution in [2.24, 2.45) is 0 Å². The van der Waals surface area contributed by atoms with Gasteiger partial charge in [0.15, 0.2) is 11.5 Å². The SMILES string of the molecule is Fc1ccc(C(c2ccc3c(c2)OCO3)N2CCNCC2)c(F)c1. The Hall–Kier alpha value is -2.18. The van der Waals surface area contributed by atoms with E-state index in [1.807, 2.05) is 18.2 Å². The van der Waals surface area contributed by atoms with Crippen LogP contribution in [-0.4, -0.2) is 37.9 Å². The van der Waals surface area contributed by atoms with Crippen LogP contribution in [0.25, 0.3) is 0 Å². The second-order valence-corrected chi connectivity index (χ2v) is 5.97. The number of hydrogen-bond donors (Lipinski definition) is 1. The van der Waals surface area contributed by atoms with Crippen molar-refractivity contribution in [2.75, 3.05) is 33.0 Å². The summed E-state index contributed by atoms with van der Waals surface area (Å²) in [5, 5.41) is 3.30. The van der Waals surface area contributed by atoms with E-state index < -0.39 is 11.6 Å². The number of nitrogens with zero attached hydrogens (tertiary/aromatic N) is 1. The third-order valence-electron chi connectivity index (χ3n) is 4.49. The van der Waals surface area contributed by atoms with Crippen LogP contribution in [0.4, 0.5) is 8.78 Å². The Morgan fingerprint density at radius 3 is 2.54 bits per heavy atom. The van der Waals surface area contributed by atoms with Crippen molar-refractivity contribution >= 4 is 0 Å². The van der Waals surface area contributed by atoms with Gasteiger partial charge < -0.3 is 14.8 Å². The highest BCUT2D eigenvalue weighted by molar-refractivity contribution is 5.47. The number of nitrogens with one attached hydrogen (secondary N) is 1. The number of benzene rings is 2. The van der Waals surface area contributed by atoms with Gasteiger partial charge in [-0.05, 0) is 23.8 Å². The van der Waals surface area contributed by atoms with Crippen molar-refractivity contribution in [2.45, 2.75) is 6.04 Å². The third-order valence-corrected chi connectivity index (χ3v) is 4.49. The van der Waals surface area contributed by atoms with Gasteiger partial charge in [-0.3, -0.25) is 4.90 Å². The molecule has 126 valence electrons. The number of hydrogen-bond acceptors (Lipinski definition) is 4. The summed E-state index contributed by atoms with van der Waals surface area (Å²) in [7, 11) is 0. The normalized spacial score (nSPS) is 18.6. The van der Waals surface area contributed by atoms with Gasteiger partial charge in [0.05, 0.1) is 6.04 Å². The molecule has 2 aromatic rings. The fraction of sp³-hybridized carbons (Fsp3) is 0.333. The van der Waals surface area contributed by atoms with Crippen LogP contribution in [0.2, 0.25) is 0 Å². The summed E-state index contributed by atoms with van der Waals surface area (Å²) >= 11 is 0. The monoisotopic (exact) mass is 332 g/mol. The van der Waals surface area contributed by atoms with Crippen molar-refractivity contribution in [3.8, 4) is 11.5 Å². The zero-order valence-corrected chi connectivity index (χ0v) is 13.1. The Morgan fingerprint density at radius 1 is 0.958 bits per heavy atom. The van der Waals surface area contributed by atoms with E-state index in [9.17, 15) is 8.78 Å². The Balaban J connectivity index is 1.77. The van der Waals surface area contributed by atoms with E-state index in [4.69, 9.17) is 9.47 Å². The first-order valence-corrected chi connectivity index (χ1v) is 8.01. The summed E-state index contributed by atoms with van der Waals surface area (Å²) in [5.41, 5.74) is 1.38. The molecular formula is C18H18F2N2O2. The highest BCUT2D eigenvalue weighted by Crippen LogP contribution is 2.38. The van der Waals surface area contributed by atoms with Gasteiger partial charge >= 0.3 is 0 Å². The van der Waals surface area contributed by atoms with E-state index in [-0.39, 0.29) is 12.8 Å². The van der Waals surface area contributed by atoms with E-state index in [0.717, 1.165) is 37.8 Å². The molecule has 4 nitrogen and oxygen atoms in total. The summed E-state index contributed by atoms with van der Waals surface area (Å²) in [5.74, 6) is 0.254. The summed E-state index contributed by atoms with van der Waals surface area (Å²) in [6.45, 7) is 3.45. The van der Waals surface area contributed by atoms with Crippen molar-refractivity contribution in [1.29, 1.82) is 0 Å². The lowest BCUT2D eigenvalue weighted by molar-refractivity contribution is 0.173.